The Morgan fingerprint density at radius 1 is 0.833 bits per heavy atom. The van der Waals surface area contributed by atoms with E-state index in [-0.39, 0.29) is 5.91 Å². The van der Waals surface area contributed by atoms with Gasteiger partial charge in [-0.15, -0.1) is 0 Å². The van der Waals surface area contributed by atoms with Crippen LogP contribution in [0.4, 0.5) is 11.5 Å². The Morgan fingerprint density at radius 3 is 2.28 bits per heavy atom. The molecule has 0 unspecified atom stereocenters. The fraction of sp³-hybridized carbons (Fsp3) is 0.207. The second kappa shape index (κ2) is 11.8. The summed E-state index contributed by atoms with van der Waals surface area (Å²) in [6.07, 6.45) is 1.54. The molecule has 36 heavy (non-hydrogen) atoms. The van der Waals surface area contributed by atoms with Crippen LogP contribution in [0.25, 0.3) is 11.3 Å². The Hall–Kier alpha value is -4.39. The van der Waals surface area contributed by atoms with Gasteiger partial charge >= 0.3 is 0 Å². The average molecular weight is 483 g/mol. The molecular formula is C29H30N4O3. The topological polar surface area (TPSA) is 85.4 Å². The lowest BCUT2D eigenvalue weighted by Gasteiger charge is -2.13. The van der Waals surface area contributed by atoms with Crippen LogP contribution in [0.3, 0.4) is 0 Å². The van der Waals surface area contributed by atoms with Gasteiger partial charge in [0.05, 0.1) is 18.9 Å². The highest BCUT2D eigenvalue weighted by molar-refractivity contribution is 5.94. The van der Waals surface area contributed by atoms with Crippen LogP contribution in [-0.4, -0.2) is 29.1 Å². The molecule has 184 valence electrons. The van der Waals surface area contributed by atoms with Crippen LogP contribution in [0.5, 0.6) is 11.5 Å². The minimum Gasteiger partial charge on any atom is -0.490 e. The molecule has 4 aromatic rings. The quantitative estimate of drug-likeness (QED) is 0.292. The molecule has 0 aliphatic carbocycles. The molecule has 0 radical (unpaired) electrons. The molecule has 0 atom stereocenters. The van der Waals surface area contributed by atoms with E-state index in [2.05, 4.69) is 39.7 Å². The third kappa shape index (κ3) is 6.39. The van der Waals surface area contributed by atoms with Gasteiger partial charge in [-0.2, -0.15) is 0 Å². The number of nitrogens with one attached hydrogen (secondary N) is 2. The van der Waals surface area contributed by atoms with E-state index in [9.17, 15) is 4.79 Å². The van der Waals surface area contributed by atoms with Gasteiger partial charge in [-0.1, -0.05) is 35.9 Å². The standard InChI is InChI=1S/C29H30N4O3/c1-4-35-26-15-8-21(16-27(26)36-5-2)18-30-29(34)23-11-13-24(14-12-23)33-28-17-25(31-19-32-28)22-9-6-20(3)7-10-22/h6-17,19H,4-5,18H2,1-3H3,(H,30,34)(H,31,32,33). The maximum Gasteiger partial charge on any atom is 0.251 e. The maximum absolute atomic E-state index is 12.7. The van der Waals surface area contributed by atoms with E-state index in [4.69, 9.17) is 9.47 Å². The first-order chi connectivity index (χ1) is 17.6. The fourth-order valence-electron chi connectivity index (χ4n) is 3.65. The number of amides is 1. The van der Waals surface area contributed by atoms with Gasteiger partial charge in [-0.05, 0) is 62.7 Å². The van der Waals surface area contributed by atoms with E-state index in [1.807, 2.05) is 62.4 Å². The Kier molecular flexibility index (Phi) is 8.13. The third-order valence-corrected chi connectivity index (χ3v) is 5.49. The minimum absolute atomic E-state index is 0.155. The smallest absolute Gasteiger partial charge is 0.251 e. The van der Waals surface area contributed by atoms with Crippen molar-refractivity contribution in [2.75, 3.05) is 18.5 Å². The maximum atomic E-state index is 12.7. The summed E-state index contributed by atoms with van der Waals surface area (Å²) in [6, 6.07) is 23.1. The number of carbonyl (C=O) groups is 1. The first-order valence-electron chi connectivity index (χ1n) is 12.0. The van der Waals surface area contributed by atoms with Crippen LogP contribution in [-0.2, 0) is 6.54 Å². The zero-order valence-electron chi connectivity index (χ0n) is 20.7. The summed E-state index contributed by atoms with van der Waals surface area (Å²) < 4.78 is 11.3. The molecule has 4 rings (SSSR count). The van der Waals surface area contributed by atoms with E-state index in [0.29, 0.717) is 42.6 Å². The molecule has 1 aromatic heterocycles. The van der Waals surface area contributed by atoms with Gasteiger partial charge in [-0.3, -0.25) is 4.79 Å². The van der Waals surface area contributed by atoms with Crippen molar-refractivity contribution in [3.8, 4) is 22.8 Å². The van der Waals surface area contributed by atoms with Crippen molar-refractivity contribution in [3.63, 3.8) is 0 Å². The number of carbonyl (C=O) groups excluding carboxylic acids is 1. The van der Waals surface area contributed by atoms with Crippen molar-refractivity contribution < 1.29 is 14.3 Å². The van der Waals surface area contributed by atoms with Crippen LogP contribution in [0.15, 0.2) is 79.1 Å². The number of anilines is 2. The van der Waals surface area contributed by atoms with Gasteiger partial charge < -0.3 is 20.1 Å². The van der Waals surface area contributed by atoms with Crippen molar-refractivity contribution in [1.82, 2.24) is 15.3 Å². The molecule has 7 nitrogen and oxygen atoms in total. The van der Waals surface area contributed by atoms with Crippen LogP contribution in [0, 0.1) is 6.92 Å². The van der Waals surface area contributed by atoms with Gasteiger partial charge in [-0.25, -0.2) is 9.97 Å². The van der Waals surface area contributed by atoms with Crippen molar-refractivity contribution in [2.45, 2.75) is 27.3 Å². The summed E-state index contributed by atoms with van der Waals surface area (Å²) in [5, 5.41) is 6.23. The van der Waals surface area contributed by atoms with Crippen molar-refractivity contribution in [2.24, 2.45) is 0 Å². The van der Waals surface area contributed by atoms with Gasteiger partial charge in [0.15, 0.2) is 11.5 Å². The van der Waals surface area contributed by atoms with E-state index < -0.39 is 0 Å². The van der Waals surface area contributed by atoms with Gasteiger partial charge in [0.1, 0.15) is 12.1 Å². The molecule has 1 amide bonds. The number of rotatable bonds is 10. The second-order valence-corrected chi connectivity index (χ2v) is 8.19. The summed E-state index contributed by atoms with van der Waals surface area (Å²) in [4.78, 5) is 21.4. The number of benzene rings is 3. The summed E-state index contributed by atoms with van der Waals surface area (Å²) in [5.41, 5.74) is 5.39. The molecule has 0 saturated heterocycles. The number of aromatic nitrogens is 2. The predicted octanol–water partition coefficient (Wildman–Crippen LogP) is 5.92. The monoisotopic (exact) mass is 482 g/mol. The lowest BCUT2D eigenvalue weighted by Crippen LogP contribution is -2.22. The molecule has 0 bridgehead atoms. The van der Waals surface area contributed by atoms with Crippen molar-refractivity contribution in [3.05, 3.63) is 95.8 Å². The number of ether oxygens (including phenoxy) is 2. The summed E-state index contributed by atoms with van der Waals surface area (Å²) >= 11 is 0. The molecule has 0 saturated carbocycles. The number of nitrogens with zero attached hydrogens (tertiary/aromatic N) is 2. The molecule has 7 heteroatoms. The van der Waals surface area contributed by atoms with E-state index in [1.165, 1.54) is 11.9 Å². The minimum atomic E-state index is -0.155. The zero-order valence-corrected chi connectivity index (χ0v) is 20.7. The summed E-state index contributed by atoms with van der Waals surface area (Å²) in [7, 11) is 0. The summed E-state index contributed by atoms with van der Waals surface area (Å²) in [5.74, 6) is 1.90. The number of hydrogen-bond donors (Lipinski definition) is 2. The first kappa shape index (κ1) is 24.7. The fourth-order valence-corrected chi connectivity index (χ4v) is 3.65. The predicted molar refractivity (Wildman–Crippen MR) is 142 cm³/mol. The molecule has 0 fully saturated rings. The highest BCUT2D eigenvalue weighted by Crippen LogP contribution is 2.28. The van der Waals surface area contributed by atoms with Crippen LogP contribution in [0.1, 0.15) is 35.3 Å². The lowest BCUT2D eigenvalue weighted by atomic mass is 10.1. The molecular weight excluding hydrogens is 452 g/mol. The van der Waals surface area contributed by atoms with Gasteiger partial charge in [0.2, 0.25) is 0 Å². The Morgan fingerprint density at radius 2 is 1.56 bits per heavy atom. The average Bonchev–Trinajstić information content (AvgIpc) is 2.90. The lowest BCUT2D eigenvalue weighted by molar-refractivity contribution is 0.0951. The van der Waals surface area contributed by atoms with E-state index >= 15 is 0 Å². The Labute approximate surface area is 211 Å². The second-order valence-electron chi connectivity index (χ2n) is 8.19. The molecule has 1 heterocycles. The zero-order chi connectivity index (χ0) is 25.3. The largest absolute Gasteiger partial charge is 0.490 e. The van der Waals surface area contributed by atoms with Gasteiger partial charge in [0.25, 0.3) is 5.91 Å². The van der Waals surface area contributed by atoms with Crippen LogP contribution >= 0.6 is 0 Å². The number of hydrogen-bond acceptors (Lipinski definition) is 6. The van der Waals surface area contributed by atoms with Crippen LogP contribution in [0.2, 0.25) is 0 Å². The molecule has 0 spiro atoms. The van der Waals surface area contributed by atoms with Crippen LogP contribution < -0.4 is 20.1 Å². The van der Waals surface area contributed by atoms with Crippen molar-refractivity contribution >= 4 is 17.4 Å². The molecule has 0 aliphatic rings. The molecule has 3 aromatic carbocycles. The highest BCUT2D eigenvalue weighted by atomic mass is 16.5. The Balaban J connectivity index is 1.37. The third-order valence-electron chi connectivity index (χ3n) is 5.49. The first-order valence-corrected chi connectivity index (χ1v) is 12.0. The highest BCUT2D eigenvalue weighted by Gasteiger charge is 2.09. The normalized spacial score (nSPS) is 10.5. The van der Waals surface area contributed by atoms with Crippen molar-refractivity contribution in [1.29, 1.82) is 0 Å². The molecule has 0 aliphatic heterocycles. The van der Waals surface area contributed by atoms with E-state index in [1.54, 1.807) is 12.1 Å². The SMILES string of the molecule is CCOc1ccc(CNC(=O)c2ccc(Nc3cc(-c4ccc(C)cc4)ncn3)cc2)cc1OCC. The Bertz CT molecular complexity index is 1310. The summed E-state index contributed by atoms with van der Waals surface area (Å²) in [6.45, 7) is 7.40. The van der Waals surface area contributed by atoms with E-state index in [0.717, 1.165) is 22.5 Å². The van der Waals surface area contributed by atoms with Gasteiger partial charge in [0, 0.05) is 29.4 Å². The number of aryl methyl sites for hydroxylation is 1. The molecule has 2 N–H and O–H groups in total.